The van der Waals surface area contributed by atoms with Crippen LogP contribution in [0.15, 0.2) is 17.1 Å². The quantitative estimate of drug-likeness (QED) is 0.815. The maximum absolute atomic E-state index is 11.4. The molecule has 0 bridgehead atoms. The van der Waals surface area contributed by atoms with Crippen LogP contribution in [0.5, 0.6) is 0 Å². The molecule has 0 aromatic carbocycles. The molecule has 0 aliphatic heterocycles. The summed E-state index contributed by atoms with van der Waals surface area (Å²) < 4.78 is 1.88. The van der Waals surface area contributed by atoms with Crippen LogP contribution < -0.4 is 5.56 Å². The first-order chi connectivity index (χ1) is 7.13. The highest BCUT2D eigenvalue weighted by molar-refractivity contribution is 5.78. The van der Waals surface area contributed by atoms with Gasteiger partial charge in [-0.15, -0.1) is 0 Å². The third kappa shape index (κ3) is 1.56. The zero-order valence-electron chi connectivity index (χ0n) is 9.24. The smallest absolute Gasteiger partial charge is 0.249 e. The highest BCUT2D eigenvalue weighted by Crippen LogP contribution is 2.18. The Kier molecular flexibility index (Phi) is 2.34. The average molecular weight is 205 g/mol. The van der Waals surface area contributed by atoms with Crippen LogP contribution in [0.1, 0.15) is 31.9 Å². The fourth-order valence-electron chi connectivity index (χ4n) is 1.71. The Hall–Kier alpha value is -1.58. The van der Waals surface area contributed by atoms with Crippen molar-refractivity contribution in [1.82, 2.24) is 14.8 Å². The van der Waals surface area contributed by atoms with E-state index in [0.717, 1.165) is 23.0 Å². The lowest BCUT2D eigenvalue weighted by atomic mass is 10.2. The highest BCUT2D eigenvalue weighted by atomic mass is 16.1. The average Bonchev–Trinajstić information content (AvgIpc) is 2.60. The van der Waals surface area contributed by atoms with Crippen LogP contribution in [0.2, 0.25) is 0 Å². The number of pyridine rings is 1. The van der Waals surface area contributed by atoms with Crippen molar-refractivity contribution >= 4 is 11.0 Å². The first kappa shape index (κ1) is 9.96. The second-order valence-corrected chi connectivity index (χ2v) is 3.93. The molecule has 4 heteroatoms. The zero-order valence-corrected chi connectivity index (χ0v) is 9.24. The van der Waals surface area contributed by atoms with Crippen LogP contribution in [-0.4, -0.2) is 14.8 Å². The van der Waals surface area contributed by atoms with Gasteiger partial charge in [-0.1, -0.05) is 6.92 Å². The van der Waals surface area contributed by atoms with Gasteiger partial charge in [0.05, 0.1) is 12.2 Å². The molecule has 0 radical (unpaired) electrons. The van der Waals surface area contributed by atoms with E-state index in [1.165, 1.54) is 0 Å². The van der Waals surface area contributed by atoms with Gasteiger partial charge in [0.15, 0.2) is 0 Å². The van der Waals surface area contributed by atoms with E-state index in [0.29, 0.717) is 6.04 Å². The normalized spacial score (nSPS) is 13.3. The molecule has 0 unspecified atom stereocenters. The summed E-state index contributed by atoms with van der Waals surface area (Å²) in [4.78, 5) is 14.2. The summed E-state index contributed by atoms with van der Waals surface area (Å²) in [6, 6.07) is 1.91. The molecule has 0 spiro atoms. The van der Waals surface area contributed by atoms with Gasteiger partial charge < -0.3 is 4.98 Å². The number of rotatable bonds is 2. The molecule has 2 heterocycles. The molecule has 2 aromatic heterocycles. The van der Waals surface area contributed by atoms with Crippen LogP contribution in [0.4, 0.5) is 0 Å². The van der Waals surface area contributed by atoms with Gasteiger partial charge in [-0.2, -0.15) is 5.10 Å². The summed E-state index contributed by atoms with van der Waals surface area (Å²) in [6.45, 7) is 6.12. The SMILES string of the molecule is CC[C@H](C)n1ncc2c(C)cc(=O)[nH]c21. The molecule has 0 aliphatic carbocycles. The van der Waals surface area contributed by atoms with E-state index in [1.807, 2.05) is 17.8 Å². The third-order valence-corrected chi connectivity index (χ3v) is 2.82. The Morgan fingerprint density at radius 2 is 2.33 bits per heavy atom. The van der Waals surface area contributed by atoms with Crippen molar-refractivity contribution in [2.45, 2.75) is 33.2 Å². The second kappa shape index (κ2) is 3.53. The molecule has 0 amide bonds. The summed E-state index contributed by atoms with van der Waals surface area (Å²) >= 11 is 0. The predicted octanol–water partition coefficient (Wildman–Crippen LogP) is 2.00. The van der Waals surface area contributed by atoms with Crippen molar-refractivity contribution in [2.75, 3.05) is 0 Å². The number of nitrogens with one attached hydrogen (secondary N) is 1. The lowest BCUT2D eigenvalue weighted by Crippen LogP contribution is -2.11. The van der Waals surface area contributed by atoms with Crippen LogP contribution >= 0.6 is 0 Å². The Bertz CT molecular complexity index is 538. The van der Waals surface area contributed by atoms with Gasteiger partial charge in [-0.3, -0.25) is 4.79 Å². The zero-order chi connectivity index (χ0) is 11.0. The summed E-state index contributed by atoms with van der Waals surface area (Å²) in [5, 5.41) is 5.34. The van der Waals surface area contributed by atoms with Gasteiger partial charge >= 0.3 is 0 Å². The number of hydrogen-bond acceptors (Lipinski definition) is 2. The summed E-state index contributed by atoms with van der Waals surface area (Å²) in [5.41, 5.74) is 1.74. The van der Waals surface area contributed by atoms with Crippen molar-refractivity contribution in [3.8, 4) is 0 Å². The number of nitrogens with zero attached hydrogens (tertiary/aromatic N) is 2. The Labute approximate surface area is 87.9 Å². The van der Waals surface area contributed by atoms with Gasteiger partial charge in [-0.05, 0) is 25.8 Å². The van der Waals surface area contributed by atoms with Crippen LogP contribution in [0, 0.1) is 6.92 Å². The standard InChI is InChI=1S/C11H15N3O/c1-4-8(3)14-11-9(6-12-14)7(2)5-10(15)13-11/h5-6,8H,4H2,1-3H3,(H,13,15)/t8-/m0/s1. The van der Waals surface area contributed by atoms with Crippen LogP contribution in [0.25, 0.3) is 11.0 Å². The van der Waals surface area contributed by atoms with Gasteiger partial charge in [0.2, 0.25) is 5.56 Å². The number of aryl methyl sites for hydroxylation is 1. The van der Waals surface area contributed by atoms with E-state index in [1.54, 1.807) is 6.07 Å². The Balaban J connectivity index is 2.74. The minimum Gasteiger partial charge on any atom is -0.307 e. The van der Waals surface area contributed by atoms with Crippen LogP contribution in [0.3, 0.4) is 0 Å². The molecule has 0 aliphatic rings. The monoisotopic (exact) mass is 205 g/mol. The van der Waals surface area contributed by atoms with Gasteiger partial charge in [0.1, 0.15) is 5.65 Å². The molecule has 4 nitrogen and oxygen atoms in total. The first-order valence-electron chi connectivity index (χ1n) is 5.20. The lowest BCUT2D eigenvalue weighted by molar-refractivity contribution is 0.489. The predicted molar refractivity (Wildman–Crippen MR) is 60.1 cm³/mol. The van der Waals surface area contributed by atoms with Crippen molar-refractivity contribution in [3.63, 3.8) is 0 Å². The van der Waals surface area contributed by atoms with E-state index in [-0.39, 0.29) is 5.56 Å². The maximum Gasteiger partial charge on any atom is 0.249 e. The van der Waals surface area contributed by atoms with Crippen LogP contribution in [-0.2, 0) is 0 Å². The third-order valence-electron chi connectivity index (χ3n) is 2.82. The van der Waals surface area contributed by atoms with E-state index in [4.69, 9.17) is 0 Å². The number of aromatic nitrogens is 3. The fourth-order valence-corrected chi connectivity index (χ4v) is 1.71. The summed E-state index contributed by atoms with van der Waals surface area (Å²) in [6.07, 6.45) is 2.81. The summed E-state index contributed by atoms with van der Waals surface area (Å²) in [5.74, 6) is 0. The highest BCUT2D eigenvalue weighted by Gasteiger charge is 2.10. The molecule has 15 heavy (non-hydrogen) atoms. The molecular formula is C11H15N3O. The van der Waals surface area contributed by atoms with E-state index in [9.17, 15) is 4.79 Å². The Morgan fingerprint density at radius 1 is 1.60 bits per heavy atom. The molecule has 1 N–H and O–H groups in total. The van der Waals surface area contributed by atoms with Gasteiger partial charge in [0, 0.05) is 11.5 Å². The minimum atomic E-state index is -0.0648. The van der Waals surface area contributed by atoms with E-state index >= 15 is 0 Å². The number of hydrogen-bond donors (Lipinski definition) is 1. The molecule has 80 valence electrons. The topological polar surface area (TPSA) is 50.7 Å². The number of fused-ring (bicyclic) bond motifs is 1. The van der Waals surface area contributed by atoms with Gasteiger partial charge in [-0.25, -0.2) is 4.68 Å². The van der Waals surface area contributed by atoms with E-state index < -0.39 is 0 Å². The summed E-state index contributed by atoms with van der Waals surface area (Å²) in [7, 11) is 0. The molecule has 2 rings (SSSR count). The Morgan fingerprint density at radius 3 is 3.00 bits per heavy atom. The molecule has 0 saturated heterocycles. The largest absolute Gasteiger partial charge is 0.307 e. The molecular weight excluding hydrogens is 190 g/mol. The number of H-pyrrole nitrogens is 1. The molecule has 2 aromatic rings. The van der Waals surface area contributed by atoms with E-state index in [2.05, 4.69) is 23.9 Å². The second-order valence-electron chi connectivity index (χ2n) is 3.93. The van der Waals surface area contributed by atoms with Gasteiger partial charge in [0.25, 0.3) is 0 Å². The van der Waals surface area contributed by atoms with Crippen molar-refractivity contribution < 1.29 is 0 Å². The fraction of sp³-hybridized carbons (Fsp3) is 0.455. The molecule has 1 atom stereocenters. The first-order valence-corrected chi connectivity index (χ1v) is 5.20. The maximum atomic E-state index is 11.4. The van der Waals surface area contributed by atoms with Crippen molar-refractivity contribution in [2.24, 2.45) is 0 Å². The minimum absolute atomic E-state index is 0.0648. The molecule has 0 saturated carbocycles. The number of aromatic amines is 1. The molecule has 0 fully saturated rings. The lowest BCUT2D eigenvalue weighted by Gasteiger charge is -2.10. The van der Waals surface area contributed by atoms with Crippen molar-refractivity contribution in [1.29, 1.82) is 0 Å². The van der Waals surface area contributed by atoms with Crippen molar-refractivity contribution in [3.05, 3.63) is 28.2 Å².